The van der Waals surface area contributed by atoms with E-state index in [4.69, 9.17) is 5.73 Å². The number of fused-ring (bicyclic) bond motifs is 1. The predicted molar refractivity (Wildman–Crippen MR) is 77.1 cm³/mol. The van der Waals surface area contributed by atoms with E-state index >= 15 is 0 Å². The fraction of sp³-hybridized carbons (Fsp3) is 0.250. The number of halogens is 2. The summed E-state index contributed by atoms with van der Waals surface area (Å²) in [6, 6.07) is 3.05. The number of hydrogen-bond donors (Lipinski definition) is 2. The molecule has 1 aromatic carbocycles. The number of benzene rings is 1. The highest BCUT2D eigenvalue weighted by atomic mass is 127. The van der Waals surface area contributed by atoms with Crippen LogP contribution in [0.2, 0.25) is 0 Å². The Balaban J connectivity index is 2.10. The summed E-state index contributed by atoms with van der Waals surface area (Å²) in [7, 11) is 0. The fourth-order valence-electron chi connectivity index (χ4n) is 1.79. The van der Waals surface area contributed by atoms with Gasteiger partial charge >= 0.3 is 0 Å². The zero-order valence-electron chi connectivity index (χ0n) is 9.78. The van der Waals surface area contributed by atoms with E-state index in [2.05, 4.69) is 15.5 Å². The van der Waals surface area contributed by atoms with Crippen LogP contribution in [-0.2, 0) is 0 Å². The second-order valence-corrected chi connectivity index (χ2v) is 5.55. The topological polar surface area (TPSA) is 80.9 Å². The van der Waals surface area contributed by atoms with Crippen LogP contribution in [0, 0.1) is 9.39 Å². The number of carbonyl (C=O) groups is 1. The number of nitrogens with zero attached hydrogens (tertiary/aromatic N) is 2. The maximum Gasteiger partial charge on any atom is 0.274 e. The molecular weight excluding hydrogens is 362 g/mol. The maximum atomic E-state index is 13.4. The first kappa shape index (κ1) is 12.5. The van der Waals surface area contributed by atoms with Gasteiger partial charge < -0.3 is 11.1 Å². The minimum absolute atomic E-state index is 0.0989. The second-order valence-electron chi connectivity index (χ2n) is 4.47. The van der Waals surface area contributed by atoms with Gasteiger partial charge in [0, 0.05) is 11.4 Å². The van der Waals surface area contributed by atoms with Gasteiger partial charge in [0.15, 0.2) is 5.69 Å². The molecule has 5 nitrogen and oxygen atoms in total. The monoisotopic (exact) mass is 372 g/mol. The minimum Gasteiger partial charge on any atom is -0.396 e. The molecule has 1 aliphatic rings. The smallest absolute Gasteiger partial charge is 0.274 e. The molecule has 0 radical (unpaired) electrons. The number of anilines is 1. The summed E-state index contributed by atoms with van der Waals surface area (Å²) < 4.78 is 13.8. The Morgan fingerprint density at radius 3 is 2.84 bits per heavy atom. The highest BCUT2D eigenvalue weighted by Gasteiger charge is 2.26. The standard InChI is InChI=1S/C12H10FIN4O/c13-7-4-3-6-9(15)11(12(19)16-5-1-2-5)18-17-10(6)8(7)14/h3-5H,1-2H2,(H2,15,17)(H,16,19). The van der Waals surface area contributed by atoms with E-state index in [1.165, 1.54) is 12.1 Å². The van der Waals surface area contributed by atoms with Crippen molar-refractivity contribution >= 4 is 45.1 Å². The van der Waals surface area contributed by atoms with Crippen LogP contribution in [0.15, 0.2) is 12.1 Å². The van der Waals surface area contributed by atoms with Crippen molar-refractivity contribution in [3.05, 3.63) is 27.2 Å². The average molecular weight is 372 g/mol. The minimum atomic E-state index is -0.378. The summed E-state index contributed by atoms with van der Waals surface area (Å²) in [5.74, 6) is -0.703. The summed E-state index contributed by atoms with van der Waals surface area (Å²) in [6.07, 6.45) is 1.96. The number of nitrogens with two attached hydrogens (primary N) is 1. The Bertz CT molecular complexity index is 687. The van der Waals surface area contributed by atoms with Crippen LogP contribution >= 0.6 is 22.6 Å². The van der Waals surface area contributed by atoms with E-state index < -0.39 is 0 Å². The van der Waals surface area contributed by atoms with Crippen molar-refractivity contribution in [2.24, 2.45) is 0 Å². The highest BCUT2D eigenvalue weighted by Crippen LogP contribution is 2.27. The van der Waals surface area contributed by atoms with Gasteiger partial charge in [-0.1, -0.05) is 0 Å². The molecule has 98 valence electrons. The van der Waals surface area contributed by atoms with Crippen LogP contribution in [0.5, 0.6) is 0 Å². The second kappa shape index (κ2) is 4.55. The Morgan fingerprint density at radius 1 is 1.42 bits per heavy atom. The molecular formula is C12H10FIN4O. The van der Waals surface area contributed by atoms with Gasteiger partial charge in [0.1, 0.15) is 11.3 Å². The van der Waals surface area contributed by atoms with E-state index in [0.717, 1.165) is 12.8 Å². The van der Waals surface area contributed by atoms with Gasteiger partial charge in [-0.15, -0.1) is 10.2 Å². The zero-order chi connectivity index (χ0) is 13.6. The van der Waals surface area contributed by atoms with Crippen molar-refractivity contribution in [1.82, 2.24) is 15.5 Å². The number of nitrogens with one attached hydrogen (secondary N) is 1. The Kier molecular flexibility index (Phi) is 3.00. The quantitative estimate of drug-likeness (QED) is 0.789. The first-order valence-corrected chi connectivity index (χ1v) is 6.86. The van der Waals surface area contributed by atoms with E-state index in [9.17, 15) is 9.18 Å². The molecule has 0 spiro atoms. The lowest BCUT2D eigenvalue weighted by atomic mass is 10.1. The van der Waals surface area contributed by atoms with Crippen molar-refractivity contribution < 1.29 is 9.18 Å². The molecule has 1 heterocycles. The van der Waals surface area contributed by atoms with Gasteiger partial charge in [-0.05, 0) is 47.6 Å². The molecule has 1 aliphatic carbocycles. The Hall–Kier alpha value is -1.51. The zero-order valence-corrected chi connectivity index (χ0v) is 11.9. The van der Waals surface area contributed by atoms with E-state index in [-0.39, 0.29) is 29.1 Å². The van der Waals surface area contributed by atoms with Crippen LogP contribution in [0.3, 0.4) is 0 Å². The molecule has 7 heteroatoms. The lowest BCUT2D eigenvalue weighted by Gasteiger charge is -2.08. The molecule has 1 amide bonds. The van der Waals surface area contributed by atoms with Gasteiger partial charge in [-0.3, -0.25) is 4.79 Å². The van der Waals surface area contributed by atoms with Crippen LogP contribution in [0.1, 0.15) is 23.3 Å². The van der Waals surface area contributed by atoms with E-state index in [1.54, 1.807) is 0 Å². The first-order chi connectivity index (χ1) is 9.08. The molecule has 1 aromatic heterocycles. The van der Waals surface area contributed by atoms with E-state index in [0.29, 0.717) is 14.5 Å². The molecule has 0 bridgehead atoms. The Labute approximate surface area is 121 Å². The summed E-state index contributed by atoms with van der Waals surface area (Å²) in [5, 5.41) is 11.1. The van der Waals surface area contributed by atoms with Crippen LogP contribution in [0.25, 0.3) is 10.9 Å². The number of aromatic nitrogens is 2. The predicted octanol–water partition coefficient (Wildman–Crippen LogP) is 1.85. The summed E-state index contributed by atoms with van der Waals surface area (Å²) in [6.45, 7) is 0. The third kappa shape index (κ3) is 2.22. The largest absolute Gasteiger partial charge is 0.396 e. The van der Waals surface area contributed by atoms with Crippen molar-refractivity contribution in [3.8, 4) is 0 Å². The van der Waals surface area contributed by atoms with Crippen molar-refractivity contribution in [3.63, 3.8) is 0 Å². The lowest BCUT2D eigenvalue weighted by molar-refractivity contribution is 0.0946. The van der Waals surface area contributed by atoms with Gasteiger partial charge in [-0.25, -0.2) is 4.39 Å². The number of carbonyl (C=O) groups excluding carboxylic acids is 1. The van der Waals surface area contributed by atoms with Gasteiger partial charge in [0.05, 0.1) is 9.26 Å². The lowest BCUT2D eigenvalue weighted by Crippen LogP contribution is -2.27. The summed E-state index contributed by atoms with van der Waals surface area (Å²) in [5.41, 5.74) is 6.66. The SMILES string of the molecule is Nc1c(C(=O)NC2CC2)nnc2c(I)c(F)ccc12. The number of rotatable bonds is 2. The van der Waals surface area contributed by atoms with Crippen LogP contribution < -0.4 is 11.1 Å². The molecule has 2 aromatic rings. The third-order valence-corrected chi connectivity index (χ3v) is 4.02. The molecule has 19 heavy (non-hydrogen) atoms. The normalized spacial score (nSPS) is 14.6. The van der Waals surface area contributed by atoms with Crippen molar-refractivity contribution in [1.29, 1.82) is 0 Å². The Morgan fingerprint density at radius 2 is 2.16 bits per heavy atom. The van der Waals surface area contributed by atoms with Gasteiger partial charge in [-0.2, -0.15) is 0 Å². The molecule has 3 rings (SSSR count). The molecule has 1 fully saturated rings. The summed E-state index contributed by atoms with van der Waals surface area (Å²) >= 11 is 1.84. The number of amides is 1. The molecule has 0 unspecified atom stereocenters. The van der Waals surface area contributed by atoms with Crippen LogP contribution in [-0.4, -0.2) is 22.1 Å². The van der Waals surface area contributed by atoms with Gasteiger partial charge in [0.25, 0.3) is 5.91 Å². The molecule has 0 aliphatic heterocycles. The molecule has 3 N–H and O–H groups in total. The fourth-order valence-corrected chi connectivity index (χ4v) is 2.36. The average Bonchev–Trinajstić information content (AvgIpc) is 3.18. The number of hydrogen-bond acceptors (Lipinski definition) is 4. The van der Waals surface area contributed by atoms with Crippen LogP contribution in [0.4, 0.5) is 10.1 Å². The van der Waals surface area contributed by atoms with Gasteiger partial charge in [0.2, 0.25) is 0 Å². The first-order valence-electron chi connectivity index (χ1n) is 5.78. The maximum absolute atomic E-state index is 13.4. The number of nitrogen functional groups attached to an aromatic ring is 1. The van der Waals surface area contributed by atoms with E-state index in [1.807, 2.05) is 22.6 Å². The molecule has 0 saturated heterocycles. The highest BCUT2D eigenvalue weighted by molar-refractivity contribution is 14.1. The summed E-state index contributed by atoms with van der Waals surface area (Å²) in [4.78, 5) is 11.9. The molecule has 1 saturated carbocycles. The third-order valence-electron chi connectivity index (χ3n) is 2.99. The van der Waals surface area contributed by atoms with Crippen molar-refractivity contribution in [2.75, 3.05) is 5.73 Å². The molecule has 0 atom stereocenters. The van der Waals surface area contributed by atoms with Crippen molar-refractivity contribution in [2.45, 2.75) is 18.9 Å².